The fourth-order valence-electron chi connectivity index (χ4n) is 9.29. The van der Waals surface area contributed by atoms with Crippen LogP contribution in [0.3, 0.4) is 0 Å². The fourth-order valence-corrected chi connectivity index (χ4v) is 9.29. The van der Waals surface area contributed by atoms with Gasteiger partial charge in [0, 0.05) is 122 Å². The number of furan rings is 1. The second-order valence-electron chi connectivity index (χ2n) is 17.4. The maximum Gasteiger partial charge on any atom is 0.329 e. The molecule has 4 aliphatic rings. The monoisotopic (exact) mass is 887 g/mol. The van der Waals surface area contributed by atoms with Crippen LogP contribution in [0.5, 0.6) is 0 Å². The van der Waals surface area contributed by atoms with E-state index >= 15 is 0 Å². The molecular weight excluding hydrogens is 831 g/mol. The van der Waals surface area contributed by atoms with Gasteiger partial charge in [0.15, 0.2) is 11.3 Å². The molecule has 0 radical (unpaired) electrons. The molecule has 65 heavy (non-hydrogen) atoms. The molecule has 0 aliphatic carbocycles. The van der Waals surface area contributed by atoms with Crippen LogP contribution in [0.2, 0.25) is 0 Å². The quantitative estimate of drug-likeness (QED) is 0.0902. The van der Waals surface area contributed by atoms with Crippen molar-refractivity contribution in [3.63, 3.8) is 0 Å². The van der Waals surface area contributed by atoms with Crippen LogP contribution in [0.25, 0.3) is 27.6 Å². The van der Waals surface area contributed by atoms with E-state index in [2.05, 4.69) is 39.1 Å². The highest BCUT2D eigenvalue weighted by Crippen LogP contribution is 2.37. The molecule has 3 fully saturated rings. The Morgan fingerprint density at radius 3 is 2.43 bits per heavy atom. The van der Waals surface area contributed by atoms with E-state index < -0.39 is 11.9 Å². The van der Waals surface area contributed by atoms with Gasteiger partial charge in [0.2, 0.25) is 23.6 Å². The van der Waals surface area contributed by atoms with Gasteiger partial charge in [-0.2, -0.15) is 0 Å². The summed E-state index contributed by atoms with van der Waals surface area (Å²) in [4.78, 5) is 87.3. The van der Waals surface area contributed by atoms with Crippen LogP contribution in [0, 0.1) is 17.8 Å². The lowest BCUT2D eigenvalue weighted by atomic mass is 9.93. The van der Waals surface area contributed by atoms with Crippen molar-refractivity contribution >= 4 is 62.8 Å². The number of piperidine rings is 2. The van der Waals surface area contributed by atoms with Gasteiger partial charge in [0.1, 0.15) is 6.04 Å². The number of nitrogens with two attached hydrogens (primary N) is 2. The number of fused-ring (bicyclic) bond motifs is 2. The Hall–Kier alpha value is -6.84. The van der Waals surface area contributed by atoms with Gasteiger partial charge in [0.25, 0.3) is 5.91 Å². The number of hydrazine groups is 1. The van der Waals surface area contributed by atoms with E-state index in [4.69, 9.17) is 16.0 Å². The second-order valence-corrected chi connectivity index (χ2v) is 17.4. The highest BCUT2D eigenvalue weighted by Gasteiger charge is 2.33. The van der Waals surface area contributed by atoms with E-state index in [0.29, 0.717) is 101 Å². The Morgan fingerprint density at radius 2 is 1.71 bits per heavy atom. The van der Waals surface area contributed by atoms with E-state index in [9.17, 15) is 28.8 Å². The average molecular weight is 888 g/mol. The number of nitrogens with one attached hydrogen (secondary N) is 1. The normalized spacial score (nSPS) is 18.8. The highest BCUT2D eigenvalue weighted by atomic mass is 16.3. The number of amides is 5. The predicted molar refractivity (Wildman–Crippen MR) is 246 cm³/mol. The first-order chi connectivity index (χ1) is 31.3. The number of nitrogens with zero attached hydrogens (tertiary/aromatic N) is 8. The molecule has 8 rings (SSSR count). The molecule has 4 aliphatic heterocycles. The minimum Gasteiger partial charge on any atom is -0.449 e. The maximum absolute atomic E-state index is 13.9. The third kappa shape index (κ3) is 9.52. The summed E-state index contributed by atoms with van der Waals surface area (Å²) >= 11 is 0. The molecule has 1 unspecified atom stereocenters. The van der Waals surface area contributed by atoms with E-state index in [0.717, 1.165) is 27.8 Å². The average Bonchev–Trinajstić information content (AvgIpc) is 3.85. The largest absolute Gasteiger partial charge is 0.449 e. The predicted octanol–water partition coefficient (Wildman–Crippen LogP) is 1.79. The molecule has 2 aromatic heterocycles. The Bertz CT molecular complexity index is 2700. The van der Waals surface area contributed by atoms with Crippen LogP contribution in [-0.2, 0) is 26.2 Å². The lowest BCUT2D eigenvalue weighted by Gasteiger charge is -2.38. The van der Waals surface area contributed by atoms with Crippen LogP contribution in [0.4, 0.5) is 5.69 Å². The first kappa shape index (κ1) is 44.8. The summed E-state index contributed by atoms with van der Waals surface area (Å²) in [6.07, 6.45) is 7.80. The number of aromatic nitrogens is 2. The molecule has 3 saturated heterocycles. The summed E-state index contributed by atoms with van der Waals surface area (Å²) in [6, 6.07) is 10.6. The first-order valence-corrected chi connectivity index (χ1v) is 22.3. The van der Waals surface area contributed by atoms with Gasteiger partial charge in [-0.05, 0) is 73.2 Å². The Morgan fingerprint density at radius 1 is 0.938 bits per heavy atom. The van der Waals surface area contributed by atoms with E-state index in [1.807, 2.05) is 28.0 Å². The molecule has 0 bridgehead atoms. The number of aryl methyl sites for hydroxylation is 1. The Kier molecular flexibility index (Phi) is 13.1. The SMILES string of the molecule is CN(C)C(=O)c1cc2cc(C3=CCCN(C(=O)CCN(N)/C=C\N)C3)cc(N3CCC(C(=O)N4CCN(CC#Cc5ccc6c(c5)n(C)c(=O)n6C5CCC(=O)NC5=O)CC4)CC3)c2o1. The Balaban J connectivity index is 0.880. The number of imidazole rings is 1. The number of imide groups is 1. The Labute approximate surface area is 376 Å². The minimum atomic E-state index is -0.745. The number of anilines is 1. The molecule has 0 saturated carbocycles. The van der Waals surface area contributed by atoms with Gasteiger partial charge in [-0.1, -0.05) is 17.9 Å². The molecule has 2 aromatic carbocycles. The lowest BCUT2D eigenvalue weighted by molar-refractivity contribution is -0.138. The van der Waals surface area contributed by atoms with Gasteiger partial charge >= 0.3 is 5.69 Å². The van der Waals surface area contributed by atoms with Crippen molar-refractivity contribution < 1.29 is 28.4 Å². The molecular formula is C47H57N11O7. The lowest BCUT2D eigenvalue weighted by Crippen LogP contribution is -2.51. The topological polar surface area (TPSA) is 209 Å². The van der Waals surface area contributed by atoms with E-state index in [1.165, 1.54) is 31.4 Å². The zero-order valence-electron chi connectivity index (χ0n) is 37.3. The third-order valence-electron chi connectivity index (χ3n) is 13.0. The standard InChI is InChI=1S/C47H57N11O7/c1-51(2)46(63)40-29-35-27-34(33-7-5-17-56(30-33)42(60)14-20-57(49)21-15-48)28-39(43(35)65-40)54-18-12-32(13-19-54)45(62)55-24-22-53(23-25-55)16-4-6-31-8-9-36-38(26-31)52(3)47(64)58(36)37-10-11-41(59)50-44(37)61/h7-9,15,21,26-29,32,37H,5,10-14,16-20,22-25,30,48-49H2,1-3H3,(H,50,59,61)/b21-15-. The molecule has 5 amide bonds. The van der Waals surface area contributed by atoms with Gasteiger partial charge in [-0.25, -0.2) is 10.6 Å². The van der Waals surface area contributed by atoms with E-state index in [-0.39, 0.29) is 60.3 Å². The maximum atomic E-state index is 13.9. The number of hydrogen-bond acceptors (Lipinski definition) is 12. The van der Waals surface area contributed by atoms with Crippen molar-refractivity contribution in [2.24, 2.45) is 24.5 Å². The van der Waals surface area contributed by atoms with Crippen molar-refractivity contribution in [2.75, 3.05) is 84.4 Å². The van der Waals surface area contributed by atoms with Gasteiger partial charge < -0.3 is 34.8 Å². The summed E-state index contributed by atoms with van der Waals surface area (Å²) < 4.78 is 9.23. The van der Waals surface area contributed by atoms with Crippen LogP contribution >= 0.6 is 0 Å². The van der Waals surface area contributed by atoms with Crippen molar-refractivity contribution in [3.8, 4) is 11.8 Å². The first-order valence-electron chi connectivity index (χ1n) is 22.3. The van der Waals surface area contributed by atoms with Crippen LogP contribution < -0.4 is 27.5 Å². The molecule has 18 nitrogen and oxygen atoms in total. The molecule has 18 heteroatoms. The second kappa shape index (κ2) is 19.1. The number of carbonyl (C=O) groups is 5. The number of rotatable bonds is 10. The number of benzene rings is 2. The number of piperazine rings is 1. The number of carbonyl (C=O) groups excluding carboxylic acids is 5. The van der Waals surface area contributed by atoms with Crippen molar-refractivity contribution in [3.05, 3.63) is 82.2 Å². The molecule has 342 valence electrons. The van der Waals surface area contributed by atoms with Gasteiger partial charge in [-0.15, -0.1) is 0 Å². The summed E-state index contributed by atoms with van der Waals surface area (Å²) in [7, 11) is 5.04. The molecule has 1 atom stereocenters. The van der Waals surface area contributed by atoms with Crippen LogP contribution in [-0.4, -0.2) is 143 Å². The van der Waals surface area contributed by atoms with Crippen LogP contribution in [0.1, 0.15) is 66.2 Å². The third-order valence-corrected chi connectivity index (χ3v) is 13.0. The zero-order chi connectivity index (χ0) is 45.9. The zero-order valence-corrected chi connectivity index (χ0v) is 37.3. The van der Waals surface area contributed by atoms with Crippen molar-refractivity contribution in [1.29, 1.82) is 0 Å². The summed E-state index contributed by atoms with van der Waals surface area (Å²) in [5.74, 6) is 11.7. The fraction of sp³-hybridized carbons (Fsp3) is 0.447. The molecule has 5 N–H and O–H groups in total. The summed E-state index contributed by atoms with van der Waals surface area (Å²) in [5.41, 5.74) is 10.6. The van der Waals surface area contributed by atoms with Crippen molar-refractivity contribution in [2.45, 2.75) is 44.6 Å². The number of hydrogen-bond donors (Lipinski definition) is 3. The molecule has 0 spiro atoms. The van der Waals surface area contributed by atoms with Gasteiger partial charge in [0.05, 0.1) is 23.3 Å². The smallest absolute Gasteiger partial charge is 0.329 e. The summed E-state index contributed by atoms with van der Waals surface area (Å²) in [6.45, 7) is 5.85. The van der Waals surface area contributed by atoms with Gasteiger partial charge in [-0.3, -0.25) is 43.3 Å². The van der Waals surface area contributed by atoms with Crippen LogP contribution in [0.15, 0.2) is 64.1 Å². The molecule has 6 heterocycles. The molecule has 4 aromatic rings. The van der Waals surface area contributed by atoms with Crippen molar-refractivity contribution in [1.82, 2.24) is 39.1 Å². The minimum absolute atomic E-state index is 0.00483. The van der Waals surface area contributed by atoms with E-state index in [1.54, 1.807) is 33.3 Å². The summed E-state index contributed by atoms with van der Waals surface area (Å²) in [5, 5.41) is 4.53. The highest BCUT2D eigenvalue weighted by molar-refractivity contribution is 6.01.